The maximum Gasteiger partial charge on any atom is 0.221 e. The Morgan fingerprint density at radius 1 is 1.15 bits per heavy atom. The molecule has 1 aromatic rings. The van der Waals surface area contributed by atoms with Crippen molar-refractivity contribution >= 4 is 15.9 Å². The van der Waals surface area contributed by atoms with E-state index in [-0.39, 0.29) is 11.7 Å². The van der Waals surface area contributed by atoms with Crippen molar-refractivity contribution in [1.29, 1.82) is 0 Å². The molecule has 26 heavy (non-hydrogen) atoms. The van der Waals surface area contributed by atoms with E-state index in [2.05, 4.69) is 24.1 Å². The van der Waals surface area contributed by atoms with Gasteiger partial charge in [0.25, 0.3) is 0 Å². The minimum atomic E-state index is -3.40. The summed E-state index contributed by atoms with van der Waals surface area (Å²) in [4.78, 5) is 14.5. The summed E-state index contributed by atoms with van der Waals surface area (Å²) < 4.78 is 27.3. The average molecular weight is 380 g/mol. The standard InChI is InChI=1S/C19H29N3O3S/c1-15(2)21-10-8-18(23)20-19(13-21)9-11-22(14-19)26(24,25)12-17-6-4-16(3)5-7-17/h4-7,15H,8-14H2,1-3H3,(H,20,23). The van der Waals surface area contributed by atoms with Gasteiger partial charge in [0.1, 0.15) is 0 Å². The zero-order chi connectivity index (χ0) is 18.9. The third-order valence-corrected chi connectivity index (χ3v) is 7.25. The lowest BCUT2D eigenvalue weighted by molar-refractivity contribution is -0.122. The topological polar surface area (TPSA) is 69.7 Å². The van der Waals surface area contributed by atoms with Gasteiger partial charge in [-0.1, -0.05) is 29.8 Å². The number of nitrogens with zero attached hydrogens (tertiary/aromatic N) is 2. The molecular weight excluding hydrogens is 350 g/mol. The van der Waals surface area contributed by atoms with Crippen molar-refractivity contribution < 1.29 is 13.2 Å². The van der Waals surface area contributed by atoms with Gasteiger partial charge in [-0.2, -0.15) is 4.31 Å². The number of benzene rings is 1. The number of hydrogen-bond donors (Lipinski definition) is 1. The molecule has 0 aromatic heterocycles. The van der Waals surface area contributed by atoms with Crippen LogP contribution in [-0.4, -0.2) is 61.3 Å². The van der Waals surface area contributed by atoms with Gasteiger partial charge in [-0.3, -0.25) is 9.69 Å². The fraction of sp³-hybridized carbons (Fsp3) is 0.632. The molecule has 2 aliphatic rings. The highest BCUT2D eigenvalue weighted by molar-refractivity contribution is 7.88. The normalized spacial score (nSPS) is 25.6. The van der Waals surface area contributed by atoms with Crippen molar-refractivity contribution in [3.05, 3.63) is 35.4 Å². The molecule has 1 amide bonds. The van der Waals surface area contributed by atoms with Crippen LogP contribution < -0.4 is 5.32 Å². The molecule has 3 rings (SSSR count). The fourth-order valence-corrected chi connectivity index (χ4v) is 5.45. The SMILES string of the molecule is Cc1ccc(CS(=O)(=O)N2CCC3(CN(C(C)C)CCC(=O)N3)C2)cc1. The summed E-state index contributed by atoms with van der Waals surface area (Å²) in [5.74, 6) is 0.0245. The Kier molecular flexibility index (Phi) is 5.42. The highest BCUT2D eigenvalue weighted by Crippen LogP contribution is 2.28. The first-order valence-corrected chi connectivity index (χ1v) is 10.9. The van der Waals surface area contributed by atoms with Gasteiger partial charge in [0.2, 0.25) is 15.9 Å². The molecule has 2 heterocycles. The number of sulfonamides is 1. The van der Waals surface area contributed by atoms with Crippen molar-refractivity contribution in [2.24, 2.45) is 0 Å². The highest BCUT2D eigenvalue weighted by atomic mass is 32.2. The zero-order valence-corrected chi connectivity index (χ0v) is 16.7. The quantitative estimate of drug-likeness (QED) is 0.861. The maximum absolute atomic E-state index is 12.9. The first kappa shape index (κ1) is 19.3. The molecule has 0 saturated carbocycles. The molecule has 6 nitrogen and oxygen atoms in total. The first-order valence-electron chi connectivity index (χ1n) is 9.28. The number of carbonyl (C=O) groups excluding carboxylic acids is 1. The lowest BCUT2D eigenvalue weighted by atomic mass is 9.97. The van der Waals surface area contributed by atoms with E-state index in [0.29, 0.717) is 38.5 Å². The number of aryl methyl sites for hydroxylation is 1. The van der Waals surface area contributed by atoms with E-state index >= 15 is 0 Å². The van der Waals surface area contributed by atoms with Crippen LogP contribution >= 0.6 is 0 Å². The summed E-state index contributed by atoms with van der Waals surface area (Å²) in [5, 5.41) is 3.13. The van der Waals surface area contributed by atoms with Crippen LogP contribution in [-0.2, 0) is 20.6 Å². The predicted octanol–water partition coefficient (Wildman–Crippen LogP) is 1.50. The van der Waals surface area contributed by atoms with Gasteiger partial charge in [-0.15, -0.1) is 0 Å². The van der Waals surface area contributed by atoms with E-state index in [1.54, 1.807) is 4.31 Å². The van der Waals surface area contributed by atoms with Gasteiger partial charge in [0.05, 0.1) is 11.3 Å². The molecule has 144 valence electrons. The largest absolute Gasteiger partial charge is 0.348 e. The fourth-order valence-electron chi connectivity index (χ4n) is 3.84. The monoisotopic (exact) mass is 379 g/mol. The molecule has 0 aliphatic carbocycles. The maximum atomic E-state index is 12.9. The summed E-state index contributed by atoms with van der Waals surface area (Å²) in [6.07, 6.45) is 1.13. The van der Waals surface area contributed by atoms with E-state index in [9.17, 15) is 13.2 Å². The van der Waals surface area contributed by atoms with Crippen LogP contribution in [0, 0.1) is 6.92 Å². The van der Waals surface area contributed by atoms with Crippen LogP contribution in [0.25, 0.3) is 0 Å². The lowest BCUT2D eigenvalue weighted by Crippen LogP contribution is -2.55. The van der Waals surface area contributed by atoms with Crippen LogP contribution in [0.5, 0.6) is 0 Å². The Labute approximate surface area is 156 Å². The molecule has 1 spiro atoms. The Morgan fingerprint density at radius 3 is 2.50 bits per heavy atom. The summed E-state index contributed by atoms with van der Waals surface area (Å²) in [5.41, 5.74) is 1.43. The van der Waals surface area contributed by atoms with Gasteiger partial charge < -0.3 is 5.32 Å². The van der Waals surface area contributed by atoms with E-state index in [1.807, 2.05) is 31.2 Å². The van der Waals surface area contributed by atoms with Gasteiger partial charge in [-0.25, -0.2) is 8.42 Å². The lowest BCUT2D eigenvalue weighted by Gasteiger charge is -2.35. The third-order valence-electron chi connectivity index (χ3n) is 5.45. The van der Waals surface area contributed by atoms with Crippen molar-refractivity contribution in [3.63, 3.8) is 0 Å². The highest BCUT2D eigenvalue weighted by Gasteiger charge is 2.45. The minimum absolute atomic E-state index is 0.00516. The zero-order valence-electron chi connectivity index (χ0n) is 15.9. The minimum Gasteiger partial charge on any atom is -0.348 e. The molecule has 1 unspecified atom stereocenters. The van der Waals surface area contributed by atoms with E-state index in [0.717, 1.165) is 17.7 Å². The number of hydrogen-bond acceptors (Lipinski definition) is 4. The van der Waals surface area contributed by atoms with Crippen molar-refractivity contribution in [1.82, 2.24) is 14.5 Å². The summed E-state index contributed by atoms with van der Waals surface area (Å²) >= 11 is 0. The van der Waals surface area contributed by atoms with Crippen molar-refractivity contribution in [3.8, 4) is 0 Å². The van der Waals surface area contributed by atoms with Crippen LogP contribution in [0.1, 0.15) is 37.8 Å². The second-order valence-electron chi connectivity index (χ2n) is 7.97. The van der Waals surface area contributed by atoms with Crippen LogP contribution in [0.4, 0.5) is 0 Å². The third kappa shape index (κ3) is 4.27. The number of nitrogens with one attached hydrogen (secondary N) is 1. The second kappa shape index (κ2) is 7.29. The molecule has 2 fully saturated rings. The molecule has 2 saturated heterocycles. The first-order chi connectivity index (χ1) is 12.2. The molecule has 1 aromatic carbocycles. The number of amides is 1. The molecule has 2 aliphatic heterocycles. The molecule has 1 N–H and O–H groups in total. The Balaban J connectivity index is 1.75. The number of rotatable bonds is 4. The van der Waals surface area contributed by atoms with E-state index in [4.69, 9.17) is 0 Å². The average Bonchev–Trinajstić information content (AvgIpc) is 2.89. The van der Waals surface area contributed by atoms with Crippen molar-refractivity contribution in [2.75, 3.05) is 26.2 Å². The summed E-state index contributed by atoms with van der Waals surface area (Å²) in [6.45, 7) is 8.46. The van der Waals surface area contributed by atoms with Gasteiger partial charge >= 0.3 is 0 Å². The van der Waals surface area contributed by atoms with Gasteiger partial charge in [-0.05, 0) is 32.8 Å². The molecule has 1 atom stereocenters. The Hall–Kier alpha value is -1.44. The molecule has 0 bridgehead atoms. The van der Waals surface area contributed by atoms with E-state index in [1.165, 1.54) is 0 Å². The molecule has 0 radical (unpaired) electrons. The Bertz CT molecular complexity index is 761. The smallest absolute Gasteiger partial charge is 0.221 e. The van der Waals surface area contributed by atoms with Crippen LogP contribution in [0.2, 0.25) is 0 Å². The van der Waals surface area contributed by atoms with Crippen LogP contribution in [0.15, 0.2) is 24.3 Å². The summed E-state index contributed by atoms with van der Waals surface area (Å²) in [7, 11) is -3.40. The number of carbonyl (C=O) groups is 1. The van der Waals surface area contributed by atoms with Crippen molar-refractivity contribution in [2.45, 2.75) is 50.9 Å². The van der Waals surface area contributed by atoms with Gasteiger partial charge in [0.15, 0.2) is 0 Å². The molecular formula is C19H29N3O3S. The van der Waals surface area contributed by atoms with Gasteiger partial charge in [0, 0.05) is 38.6 Å². The predicted molar refractivity (Wildman–Crippen MR) is 102 cm³/mol. The Morgan fingerprint density at radius 2 is 1.85 bits per heavy atom. The van der Waals surface area contributed by atoms with E-state index < -0.39 is 15.6 Å². The summed E-state index contributed by atoms with van der Waals surface area (Å²) in [6, 6.07) is 7.93. The van der Waals surface area contributed by atoms with Crippen LogP contribution in [0.3, 0.4) is 0 Å². The molecule has 7 heteroatoms. The second-order valence-corrected chi connectivity index (χ2v) is 9.94.